The minimum atomic E-state index is 0.570. The average molecular weight is 276 g/mol. The molecule has 0 bridgehead atoms. The minimum Gasteiger partial charge on any atom is -0.317 e. The molecule has 2 heteroatoms. The monoisotopic (exact) mass is 276 g/mol. The van der Waals surface area contributed by atoms with Crippen molar-refractivity contribution in [1.29, 1.82) is 0 Å². The van der Waals surface area contributed by atoms with Gasteiger partial charge >= 0.3 is 0 Å². The number of nitrogens with one attached hydrogen (secondary N) is 1. The SMILES string of the molecule is CCN(CC)CCC(Cc1ccc(C(C)C)cc1)NC. The molecular formula is C18H32N2. The van der Waals surface area contributed by atoms with Crippen LogP contribution in [0.3, 0.4) is 0 Å². The smallest absolute Gasteiger partial charge is 0.0117 e. The van der Waals surface area contributed by atoms with Gasteiger partial charge in [-0.3, -0.25) is 0 Å². The van der Waals surface area contributed by atoms with E-state index >= 15 is 0 Å². The Balaban J connectivity index is 2.50. The van der Waals surface area contributed by atoms with Gasteiger partial charge in [0.25, 0.3) is 0 Å². The van der Waals surface area contributed by atoms with Crippen LogP contribution >= 0.6 is 0 Å². The summed E-state index contributed by atoms with van der Waals surface area (Å²) >= 11 is 0. The number of likely N-dealkylation sites (N-methyl/N-ethyl adjacent to an activating group) is 1. The Morgan fingerprint density at radius 2 is 1.65 bits per heavy atom. The molecule has 1 N–H and O–H groups in total. The quantitative estimate of drug-likeness (QED) is 0.740. The molecular weight excluding hydrogens is 244 g/mol. The maximum atomic E-state index is 3.46. The van der Waals surface area contributed by atoms with E-state index in [1.54, 1.807) is 0 Å². The van der Waals surface area contributed by atoms with Crippen LogP contribution in [0.25, 0.3) is 0 Å². The molecule has 0 spiro atoms. The van der Waals surface area contributed by atoms with Gasteiger partial charge in [-0.15, -0.1) is 0 Å². The Hall–Kier alpha value is -0.860. The topological polar surface area (TPSA) is 15.3 Å². The molecule has 0 amide bonds. The summed E-state index contributed by atoms with van der Waals surface area (Å²) in [5, 5.41) is 3.46. The van der Waals surface area contributed by atoms with E-state index in [0.717, 1.165) is 19.5 Å². The summed E-state index contributed by atoms with van der Waals surface area (Å²) in [4.78, 5) is 2.49. The standard InChI is InChI=1S/C18H32N2/c1-6-20(7-2)13-12-18(19-5)14-16-8-10-17(11-9-16)15(3)4/h8-11,15,18-19H,6-7,12-14H2,1-5H3. The van der Waals surface area contributed by atoms with E-state index in [1.807, 2.05) is 0 Å². The second kappa shape index (κ2) is 9.15. The molecule has 1 atom stereocenters. The zero-order valence-electron chi connectivity index (χ0n) is 13.9. The van der Waals surface area contributed by atoms with Crippen LogP contribution in [0.1, 0.15) is 51.2 Å². The van der Waals surface area contributed by atoms with Crippen molar-refractivity contribution in [3.63, 3.8) is 0 Å². The van der Waals surface area contributed by atoms with Crippen LogP contribution < -0.4 is 5.32 Å². The first kappa shape index (κ1) is 17.2. The van der Waals surface area contributed by atoms with Crippen molar-refractivity contribution in [3.8, 4) is 0 Å². The van der Waals surface area contributed by atoms with Crippen molar-refractivity contribution in [2.75, 3.05) is 26.7 Å². The Bertz CT molecular complexity index is 352. The normalized spacial score (nSPS) is 13.2. The van der Waals surface area contributed by atoms with E-state index in [9.17, 15) is 0 Å². The fraction of sp³-hybridized carbons (Fsp3) is 0.667. The summed E-state index contributed by atoms with van der Waals surface area (Å²) in [5.74, 6) is 0.617. The number of rotatable bonds is 9. The lowest BCUT2D eigenvalue weighted by atomic mass is 9.98. The molecule has 0 heterocycles. The number of benzene rings is 1. The molecule has 0 saturated carbocycles. The van der Waals surface area contributed by atoms with Crippen molar-refractivity contribution < 1.29 is 0 Å². The number of hydrogen-bond donors (Lipinski definition) is 1. The molecule has 114 valence electrons. The van der Waals surface area contributed by atoms with Crippen molar-refractivity contribution in [3.05, 3.63) is 35.4 Å². The van der Waals surface area contributed by atoms with Gasteiger partial charge in [-0.2, -0.15) is 0 Å². The molecule has 1 unspecified atom stereocenters. The zero-order valence-corrected chi connectivity index (χ0v) is 13.9. The summed E-state index contributed by atoms with van der Waals surface area (Å²) in [7, 11) is 2.08. The molecule has 0 aliphatic heterocycles. The largest absolute Gasteiger partial charge is 0.317 e. The predicted octanol–water partition coefficient (Wildman–Crippen LogP) is 3.67. The zero-order chi connectivity index (χ0) is 15.0. The summed E-state index contributed by atoms with van der Waals surface area (Å²) in [5.41, 5.74) is 2.87. The van der Waals surface area contributed by atoms with Crippen LogP contribution in [0.15, 0.2) is 24.3 Å². The van der Waals surface area contributed by atoms with E-state index in [4.69, 9.17) is 0 Å². The Morgan fingerprint density at radius 3 is 2.10 bits per heavy atom. The summed E-state index contributed by atoms with van der Waals surface area (Å²) in [6, 6.07) is 9.70. The highest BCUT2D eigenvalue weighted by Gasteiger charge is 2.09. The van der Waals surface area contributed by atoms with Crippen molar-refractivity contribution >= 4 is 0 Å². The fourth-order valence-electron chi connectivity index (χ4n) is 2.55. The van der Waals surface area contributed by atoms with Crippen LogP contribution in [-0.4, -0.2) is 37.6 Å². The lowest BCUT2D eigenvalue weighted by Gasteiger charge is -2.22. The Morgan fingerprint density at radius 1 is 1.05 bits per heavy atom. The van der Waals surface area contributed by atoms with E-state index in [0.29, 0.717) is 12.0 Å². The third-order valence-electron chi connectivity index (χ3n) is 4.22. The highest BCUT2D eigenvalue weighted by atomic mass is 15.1. The van der Waals surface area contributed by atoms with Gasteiger partial charge in [-0.05, 0) is 56.6 Å². The van der Waals surface area contributed by atoms with E-state index in [-0.39, 0.29) is 0 Å². The molecule has 0 radical (unpaired) electrons. The predicted molar refractivity (Wildman–Crippen MR) is 89.5 cm³/mol. The van der Waals surface area contributed by atoms with E-state index in [2.05, 4.69) is 69.2 Å². The highest BCUT2D eigenvalue weighted by molar-refractivity contribution is 5.25. The molecule has 0 aliphatic carbocycles. The van der Waals surface area contributed by atoms with Crippen molar-refractivity contribution in [1.82, 2.24) is 10.2 Å². The van der Waals surface area contributed by atoms with Crippen LogP contribution in [0.5, 0.6) is 0 Å². The van der Waals surface area contributed by atoms with Crippen LogP contribution in [0.4, 0.5) is 0 Å². The summed E-state index contributed by atoms with van der Waals surface area (Å²) < 4.78 is 0. The average Bonchev–Trinajstić information content (AvgIpc) is 2.47. The number of nitrogens with zero attached hydrogens (tertiary/aromatic N) is 1. The molecule has 1 rings (SSSR count). The van der Waals surface area contributed by atoms with Crippen molar-refractivity contribution in [2.24, 2.45) is 0 Å². The molecule has 0 aliphatic rings. The van der Waals surface area contributed by atoms with Gasteiger partial charge in [0.05, 0.1) is 0 Å². The van der Waals surface area contributed by atoms with Gasteiger partial charge in [-0.1, -0.05) is 52.0 Å². The second-order valence-corrected chi connectivity index (χ2v) is 5.90. The molecule has 0 fully saturated rings. The minimum absolute atomic E-state index is 0.570. The fourth-order valence-corrected chi connectivity index (χ4v) is 2.55. The van der Waals surface area contributed by atoms with Gasteiger partial charge in [0.15, 0.2) is 0 Å². The summed E-state index contributed by atoms with van der Waals surface area (Å²) in [6.07, 6.45) is 2.33. The lowest BCUT2D eigenvalue weighted by Crippen LogP contribution is -2.33. The van der Waals surface area contributed by atoms with E-state index in [1.165, 1.54) is 24.1 Å². The van der Waals surface area contributed by atoms with Crippen LogP contribution in [0.2, 0.25) is 0 Å². The molecule has 20 heavy (non-hydrogen) atoms. The first-order valence-corrected chi connectivity index (χ1v) is 8.09. The van der Waals surface area contributed by atoms with Gasteiger partial charge in [-0.25, -0.2) is 0 Å². The van der Waals surface area contributed by atoms with Gasteiger partial charge in [0.1, 0.15) is 0 Å². The third kappa shape index (κ3) is 5.64. The maximum absolute atomic E-state index is 3.46. The molecule has 2 nitrogen and oxygen atoms in total. The Labute approximate surface area is 125 Å². The highest BCUT2D eigenvalue weighted by Crippen LogP contribution is 2.16. The molecule has 1 aromatic carbocycles. The lowest BCUT2D eigenvalue weighted by molar-refractivity contribution is 0.283. The molecule has 1 aromatic rings. The maximum Gasteiger partial charge on any atom is 0.0117 e. The Kier molecular flexibility index (Phi) is 7.86. The summed E-state index contributed by atoms with van der Waals surface area (Å²) in [6.45, 7) is 12.4. The number of hydrogen-bond acceptors (Lipinski definition) is 2. The van der Waals surface area contributed by atoms with Crippen molar-refractivity contribution in [2.45, 2.75) is 52.5 Å². The van der Waals surface area contributed by atoms with Gasteiger partial charge in [0, 0.05) is 6.04 Å². The van der Waals surface area contributed by atoms with Crippen LogP contribution in [0, 0.1) is 0 Å². The van der Waals surface area contributed by atoms with E-state index < -0.39 is 0 Å². The first-order chi connectivity index (χ1) is 9.60. The van der Waals surface area contributed by atoms with Gasteiger partial charge in [0.2, 0.25) is 0 Å². The van der Waals surface area contributed by atoms with Gasteiger partial charge < -0.3 is 10.2 Å². The first-order valence-electron chi connectivity index (χ1n) is 8.09. The second-order valence-electron chi connectivity index (χ2n) is 5.90. The third-order valence-corrected chi connectivity index (χ3v) is 4.22. The molecule has 0 saturated heterocycles. The molecule has 0 aromatic heterocycles. The van der Waals surface area contributed by atoms with Crippen LogP contribution in [-0.2, 0) is 6.42 Å².